The largest absolute Gasteiger partial charge is 0.497 e. The molecule has 246 valence electrons. The van der Waals surface area contributed by atoms with E-state index in [2.05, 4.69) is 35.7 Å². The maximum absolute atomic E-state index is 16.1. The van der Waals surface area contributed by atoms with E-state index < -0.39 is 11.2 Å². The van der Waals surface area contributed by atoms with Gasteiger partial charge in [0, 0.05) is 38.3 Å². The molecule has 2 fully saturated rings. The molecule has 3 unspecified atom stereocenters. The summed E-state index contributed by atoms with van der Waals surface area (Å²) in [6.07, 6.45) is 1.98. The van der Waals surface area contributed by atoms with Gasteiger partial charge in [-0.05, 0) is 86.0 Å². The van der Waals surface area contributed by atoms with Crippen LogP contribution in [0.3, 0.4) is 0 Å². The van der Waals surface area contributed by atoms with Gasteiger partial charge in [-0.25, -0.2) is 9.37 Å². The molecule has 0 spiro atoms. The van der Waals surface area contributed by atoms with Crippen molar-refractivity contribution in [3.8, 4) is 11.5 Å². The van der Waals surface area contributed by atoms with Crippen LogP contribution in [0.5, 0.6) is 11.5 Å². The van der Waals surface area contributed by atoms with Crippen LogP contribution in [0, 0.1) is 23.2 Å². The average molecular weight is 655 g/mol. The Labute approximate surface area is 271 Å². The van der Waals surface area contributed by atoms with Crippen molar-refractivity contribution < 1.29 is 23.4 Å². The van der Waals surface area contributed by atoms with Crippen LogP contribution in [0.2, 0.25) is 0 Å². The van der Waals surface area contributed by atoms with Crippen LogP contribution in [-0.2, 0) is 6.54 Å². The quantitative estimate of drug-likeness (QED) is 0.229. The standard InChI is InChI=1S/C30H39ClF2N4O2S.C2H6.CH4O/c1-19-13-23(36-17-30(2,18-36)21-11-12-35(3)16-21)27(31)28(33)29(19)40-37(26-8-6-7-25(32)34-26)15-20-14-22(38-4)9-10-24(20)39-5;2*1-2/h6-10,14,19,21,23,29H,11-13,15-18H2,1-5H3;1-2H3;2H,1H3/t19?,21-,23?,29?;;/m1../s1. The highest BCUT2D eigenvalue weighted by Gasteiger charge is 2.51. The summed E-state index contributed by atoms with van der Waals surface area (Å²) in [6.45, 7) is 12.9. The van der Waals surface area contributed by atoms with Gasteiger partial charge < -0.3 is 19.5 Å². The highest BCUT2D eigenvalue weighted by molar-refractivity contribution is 8.01. The third kappa shape index (κ3) is 8.18. The van der Waals surface area contributed by atoms with Crippen molar-refractivity contribution in [2.45, 2.75) is 58.4 Å². The predicted octanol–water partition coefficient (Wildman–Crippen LogP) is 7.00. The first kappa shape index (κ1) is 36.4. The van der Waals surface area contributed by atoms with Gasteiger partial charge in [-0.15, -0.1) is 0 Å². The molecular formula is C33H49ClF2N4O3S. The van der Waals surface area contributed by atoms with E-state index in [9.17, 15) is 4.39 Å². The number of nitrogens with zero attached hydrogens (tertiary/aromatic N) is 4. The molecule has 1 N–H and O–H groups in total. The molecule has 1 aliphatic carbocycles. The van der Waals surface area contributed by atoms with E-state index in [4.69, 9.17) is 26.2 Å². The second-order valence-electron chi connectivity index (χ2n) is 11.8. The van der Waals surface area contributed by atoms with E-state index in [1.54, 1.807) is 26.4 Å². The van der Waals surface area contributed by atoms with Crippen LogP contribution in [0.25, 0.3) is 0 Å². The van der Waals surface area contributed by atoms with Crippen LogP contribution < -0.4 is 13.8 Å². The average Bonchev–Trinajstić information content (AvgIpc) is 3.47. The maximum atomic E-state index is 16.1. The first-order chi connectivity index (χ1) is 21.1. The topological polar surface area (TPSA) is 61.3 Å². The minimum absolute atomic E-state index is 0.00485. The number of ether oxygens (including phenoxy) is 2. The van der Waals surface area contributed by atoms with Crippen molar-refractivity contribution in [2.75, 3.05) is 58.9 Å². The minimum Gasteiger partial charge on any atom is -0.497 e. The smallest absolute Gasteiger partial charge is 0.214 e. The van der Waals surface area contributed by atoms with Gasteiger partial charge in [-0.1, -0.05) is 45.4 Å². The van der Waals surface area contributed by atoms with Crippen molar-refractivity contribution >= 4 is 29.4 Å². The van der Waals surface area contributed by atoms with Crippen LogP contribution in [0.1, 0.15) is 46.1 Å². The molecule has 0 amide bonds. The molecule has 2 aliphatic heterocycles. The molecule has 2 saturated heterocycles. The summed E-state index contributed by atoms with van der Waals surface area (Å²) in [5.41, 5.74) is 1.07. The summed E-state index contributed by atoms with van der Waals surface area (Å²) in [5.74, 6) is 1.50. The lowest BCUT2D eigenvalue weighted by molar-refractivity contribution is -0.0517. The van der Waals surface area contributed by atoms with E-state index in [-0.39, 0.29) is 23.2 Å². The second-order valence-corrected chi connectivity index (χ2v) is 13.4. The zero-order valence-corrected chi connectivity index (χ0v) is 28.9. The van der Waals surface area contributed by atoms with Crippen LogP contribution in [-0.4, -0.2) is 85.7 Å². The fourth-order valence-corrected chi connectivity index (χ4v) is 8.10. The Hall–Kier alpha value is -2.11. The Morgan fingerprint density at radius 2 is 1.84 bits per heavy atom. The number of pyridine rings is 1. The molecule has 2 aromatic rings. The fourth-order valence-electron chi connectivity index (χ4n) is 6.45. The molecule has 5 rings (SSSR count). The highest BCUT2D eigenvalue weighted by atomic mass is 35.5. The summed E-state index contributed by atoms with van der Waals surface area (Å²) in [6, 6.07) is 10.0. The number of benzene rings is 1. The molecule has 0 radical (unpaired) electrons. The van der Waals surface area contributed by atoms with Crippen LogP contribution >= 0.6 is 23.5 Å². The Balaban J connectivity index is 0.00000127. The lowest BCUT2D eigenvalue weighted by atomic mass is 9.69. The van der Waals surface area contributed by atoms with Gasteiger partial charge in [-0.2, -0.15) is 4.39 Å². The maximum Gasteiger partial charge on any atom is 0.214 e. The normalized spacial score (nSPS) is 24.8. The molecule has 1 aromatic heterocycles. The van der Waals surface area contributed by atoms with Crippen molar-refractivity contribution in [2.24, 2.45) is 17.3 Å². The van der Waals surface area contributed by atoms with Crippen molar-refractivity contribution in [1.82, 2.24) is 14.8 Å². The van der Waals surface area contributed by atoms with Gasteiger partial charge in [0.2, 0.25) is 5.95 Å². The number of methoxy groups -OCH3 is 2. The molecule has 4 atom stereocenters. The number of likely N-dealkylation sites (tertiary alicyclic amines) is 2. The lowest BCUT2D eigenvalue weighted by Crippen LogP contribution is -2.62. The predicted molar refractivity (Wildman–Crippen MR) is 178 cm³/mol. The summed E-state index contributed by atoms with van der Waals surface area (Å²) >= 11 is 8.09. The van der Waals surface area contributed by atoms with Gasteiger partial charge >= 0.3 is 0 Å². The van der Waals surface area contributed by atoms with Gasteiger partial charge in [0.25, 0.3) is 0 Å². The molecule has 0 saturated carbocycles. The van der Waals surface area contributed by atoms with Gasteiger partial charge in [0.1, 0.15) is 23.1 Å². The minimum atomic E-state index is -0.596. The SMILES string of the molecule is CC.CO.COc1ccc(OC)c(CN(SC2C(F)=C(Cl)C(N3CC(C)([C@@H]4CCN(C)C4)C3)CC2C)c2cccc(F)n2)c1. The van der Waals surface area contributed by atoms with E-state index in [0.29, 0.717) is 34.8 Å². The molecule has 0 bridgehead atoms. The lowest BCUT2D eigenvalue weighted by Gasteiger charge is -2.55. The van der Waals surface area contributed by atoms with Crippen LogP contribution in [0.15, 0.2) is 47.3 Å². The summed E-state index contributed by atoms with van der Waals surface area (Å²) in [7, 11) is 6.38. The summed E-state index contributed by atoms with van der Waals surface area (Å²) in [5, 5.41) is 6.77. The van der Waals surface area contributed by atoms with E-state index >= 15 is 4.39 Å². The Morgan fingerprint density at radius 1 is 1.14 bits per heavy atom. The number of anilines is 1. The molecular weight excluding hydrogens is 606 g/mol. The fraction of sp³-hybridized carbons (Fsp3) is 0.606. The number of aliphatic hydroxyl groups is 1. The molecule has 1 aromatic carbocycles. The molecule has 3 aliphatic rings. The molecule has 3 heterocycles. The number of aliphatic hydroxyl groups excluding tert-OH is 1. The first-order valence-corrected chi connectivity index (χ1v) is 16.5. The van der Waals surface area contributed by atoms with Crippen molar-refractivity contribution in [1.29, 1.82) is 0 Å². The zero-order valence-electron chi connectivity index (χ0n) is 27.3. The van der Waals surface area contributed by atoms with Gasteiger partial charge in [-0.3, -0.25) is 9.21 Å². The molecule has 7 nitrogen and oxygen atoms in total. The van der Waals surface area contributed by atoms with Gasteiger partial charge in [0.15, 0.2) is 0 Å². The molecule has 11 heteroatoms. The highest BCUT2D eigenvalue weighted by Crippen LogP contribution is 2.49. The third-order valence-electron chi connectivity index (χ3n) is 8.83. The number of halogens is 3. The third-order valence-corrected chi connectivity index (χ3v) is 10.7. The zero-order chi connectivity index (χ0) is 32.6. The van der Waals surface area contributed by atoms with Crippen molar-refractivity contribution in [3.63, 3.8) is 0 Å². The Bertz CT molecular complexity index is 1250. The summed E-state index contributed by atoms with van der Waals surface area (Å²) < 4.78 is 43.1. The van der Waals surface area contributed by atoms with Crippen molar-refractivity contribution in [3.05, 3.63) is 58.8 Å². The Kier molecular flexibility index (Phi) is 13.6. The number of hydrogen-bond acceptors (Lipinski definition) is 8. The first-order valence-electron chi connectivity index (χ1n) is 15.3. The van der Waals surface area contributed by atoms with E-state index in [1.807, 2.05) is 36.4 Å². The van der Waals surface area contributed by atoms with E-state index in [1.165, 1.54) is 24.4 Å². The Morgan fingerprint density at radius 3 is 2.43 bits per heavy atom. The summed E-state index contributed by atoms with van der Waals surface area (Å²) in [4.78, 5) is 8.86. The monoisotopic (exact) mass is 654 g/mol. The van der Waals surface area contributed by atoms with Gasteiger partial charge in [0.05, 0.1) is 31.0 Å². The van der Waals surface area contributed by atoms with E-state index in [0.717, 1.165) is 45.3 Å². The van der Waals surface area contributed by atoms with Crippen LogP contribution in [0.4, 0.5) is 14.6 Å². The number of rotatable bonds is 9. The number of aromatic nitrogens is 1. The second kappa shape index (κ2) is 16.5. The molecule has 44 heavy (non-hydrogen) atoms. The number of hydrogen-bond donors (Lipinski definition) is 1.